The Bertz CT molecular complexity index is 919. The van der Waals surface area contributed by atoms with Gasteiger partial charge < -0.3 is 18.9 Å². The summed E-state index contributed by atoms with van der Waals surface area (Å²) in [5, 5.41) is 3.13. The minimum Gasteiger partial charge on any atom is -0.415 e. The van der Waals surface area contributed by atoms with Crippen LogP contribution in [-0.4, -0.2) is 85.2 Å². The average molecular weight is 686 g/mol. The summed E-state index contributed by atoms with van der Waals surface area (Å²) in [6.45, 7) is 39.7. The SMILES string of the molecule is CC(C)(C)[S@](=O)N=CCO[Si](C)(C)C(C)(C)C.C[C@@H]1COCC(=O)N1.C[C@H](CO[Si](C)(C)C(C)(C)C)N[S@@](=O)C(C)(C)C. The van der Waals surface area contributed by atoms with Gasteiger partial charge in [0.15, 0.2) is 16.6 Å². The van der Waals surface area contributed by atoms with E-state index in [0.717, 1.165) is 0 Å². The molecule has 9 nitrogen and oxygen atoms in total. The molecule has 0 aromatic carbocycles. The maximum Gasteiger partial charge on any atom is 0.246 e. The molecule has 1 saturated heterocycles. The normalized spacial score (nSPS) is 19.4. The summed E-state index contributed by atoms with van der Waals surface area (Å²) < 4.78 is 47.1. The first-order valence-corrected chi connectivity index (χ1v) is 23.3. The molecule has 1 heterocycles. The van der Waals surface area contributed by atoms with Gasteiger partial charge in [-0.1, -0.05) is 41.5 Å². The molecule has 1 aliphatic rings. The Labute approximate surface area is 272 Å². The van der Waals surface area contributed by atoms with Crippen molar-refractivity contribution in [3.05, 3.63) is 0 Å². The Hall–Kier alpha value is -0.286. The minimum absolute atomic E-state index is 0.0104. The number of rotatable bonds is 9. The number of morpholine rings is 1. The second kappa shape index (κ2) is 18.2. The van der Waals surface area contributed by atoms with E-state index in [4.69, 9.17) is 13.6 Å². The molecule has 1 aliphatic heterocycles. The van der Waals surface area contributed by atoms with Crippen LogP contribution in [0.5, 0.6) is 0 Å². The van der Waals surface area contributed by atoms with E-state index in [2.05, 4.69) is 82.2 Å². The quantitative estimate of drug-likeness (QED) is 0.211. The molecule has 1 fully saturated rings. The van der Waals surface area contributed by atoms with Crippen LogP contribution >= 0.6 is 0 Å². The largest absolute Gasteiger partial charge is 0.415 e. The first-order chi connectivity index (χ1) is 18.9. The van der Waals surface area contributed by atoms with E-state index in [9.17, 15) is 13.2 Å². The smallest absolute Gasteiger partial charge is 0.246 e. The standard InChI is InChI=1S/C13H31NO2SSi.C12H27NO2SSi.C5H9NO2/c1-11(14-17(15)12(2,3)4)10-16-18(8,9)13(5,6)7;1-11(2,3)16(14)13-9-10-15-17(7,8)12(4,5)6;1-4-2-8-3-5(7)6-4/h11,14H,10H2,1-9H3;9H,10H2,1-8H3;4H,2-3H2,1H3,(H,6,7)/t11-,17+;16-;4-/m101/s1. The number of nitrogens with zero attached hydrogens (tertiary/aromatic N) is 1. The molecule has 1 amide bonds. The lowest BCUT2D eigenvalue weighted by Crippen LogP contribution is -2.46. The van der Waals surface area contributed by atoms with Crippen molar-refractivity contribution in [3.63, 3.8) is 0 Å². The molecule has 0 spiro atoms. The number of carbonyl (C=O) groups is 1. The second-order valence-electron chi connectivity index (χ2n) is 16.2. The molecule has 1 rings (SSSR count). The molecule has 4 atom stereocenters. The Morgan fingerprint density at radius 3 is 1.74 bits per heavy atom. The van der Waals surface area contributed by atoms with Gasteiger partial charge in [0.1, 0.15) is 17.6 Å². The van der Waals surface area contributed by atoms with Gasteiger partial charge >= 0.3 is 0 Å². The number of amides is 1. The zero-order valence-corrected chi connectivity index (χ0v) is 34.4. The van der Waals surface area contributed by atoms with Crippen LogP contribution < -0.4 is 10.0 Å². The summed E-state index contributed by atoms with van der Waals surface area (Å²) >= 11 is 0. The number of hydrogen-bond donors (Lipinski definition) is 2. The zero-order valence-electron chi connectivity index (χ0n) is 30.8. The van der Waals surface area contributed by atoms with Crippen molar-refractivity contribution in [1.82, 2.24) is 10.0 Å². The third-order valence-electron chi connectivity index (χ3n) is 7.39. The highest BCUT2D eigenvalue weighted by atomic mass is 32.2. The molecule has 0 aromatic heterocycles. The maximum absolute atomic E-state index is 12.0. The molecule has 258 valence electrons. The van der Waals surface area contributed by atoms with Gasteiger partial charge in [0.25, 0.3) is 0 Å². The van der Waals surface area contributed by atoms with E-state index in [1.165, 1.54) is 0 Å². The van der Waals surface area contributed by atoms with Gasteiger partial charge in [-0.15, -0.1) is 0 Å². The molecule has 13 heteroatoms. The van der Waals surface area contributed by atoms with Gasteiger partial charge in [0.2, 0.25) is 5.91 Å². The van der Waals surface area contributed by atoms with Gasteiger partial charge in [-0.2, -0.15) is 4.40 Å². The number of nitrogens with one attached hydrogen (secondary N) is 2. The van der Waals surface area contributed by atoms with Crippen LogP contribution in [0.3, 0.4) is 0 Å². The van der Waals surface area contributed by atoms with Crippen molar-refractivity contribution >= 4 is 50.7 Å². The Kier molecular flexibility index (Phi) is 18.9. The van der Waals surface area contributed by atoms with Crippen LogP contribution in [0.15, 0.2) is 4.40 Å². The minimum atomic E-state index is -1.71. The topological polar surface area (TPSA) is 115 Å². The van der Waals surface area contributed by atoms with Gasteiger partial charge in [-0.25, -0.2) is 13.1 Å². The Morgan fingerprint density at radius 2 is 1.40 bits per heavy atom. The average Bonchev–Trinajstić information content (AvgIpc) is 2.78. The maximum atomic E-state index is 12.0. The van der Waals surface area contributed by atoms with Crippen molar-refractivity contribution in [2.45, 2.75) is 155 Å². The molecular formula is C30H67N3O6S2Si2. The van der Waals surface area contributed by atoms with Crippen LogP contribution in [0.2, 0.25) is 36.3 Å². The van der Waals surface area contributed by atoms with Gasteiger partial charge in [-0.3, -0.25) is 4.79 Å². The second-order valence-corrected chi connectivity index (χ2v) is 29.7. The molecule has 0 aliphatic carbocycles. The molecule has 0 bridgehead atoms. The van der Waals surface area contributed by atoms with Crippen LogP contribution in [0, 0.1) is 0 Å². The van der Waals surface area contributed by atoms with E-state index >= 15 is 0 Å². The predicted octanol–water partition coefficient (Wildman–Crippen LogP) is 6.51. The lowest BCUT2D eigenvalue weighted by atomic mass is 10.2. The highest BCUT2D eigenvalue weighted by Crippen LogP contribution is 2.37. The van der Waals surface area contributed by atoms with E-state index in [-0.39, 0.29) is 44.2 Å². The fourth-order valence-corrected chi connectivity index (χ4v) is 5.67. The van der Waals surface area contributed by atoms with Gasteiger partial charge in [0, 0.05) is 24.9 Å². The zero-order chi connectivity index (χ0) is 34.7. The molecule has 0 radical (unpaired) electrons. The Balaban J connectivity index is 0. The monoisotopic (exact) mass is 685 g/mol. The van der Waals surface area contributed by atoms with Crippen molar-refractivity contribution in [3.8, 4) is 0 Å². The third kappa shape index (κ3) is 19.8. The van der Waals surface area contributed by atoms with Crippen LogP contribution in [0.25, 0.3) is 0 Å². The summed E-state index contributed by atoms with van der Waals surface area (Å²) in [5.41, 5.74) is 0. The third-order valence-corrected chi connectivity index (χ3v) is 19.5. The summed E-state index contributed by atoms with van der Waals surface area (Å²) in [7, 11) is -5.63. The first kappa shape index (κ1) is 44.8. The Morgan fingerprint density at radius 1 is 0.930 bits per heavy atom. The number of carbonyl (C=O) groups excluding carboxylic acids is 1. The fourth-order valence-electron chi connectivity index (χ4n) is 2.35. The fraction of sp³-hybridized carbons (Fsp3) is 0.933. The first-order valence-electron chi connectivity index (χ1n) is 15.2. The van der Waals surface area contributed by atoms with Crippen molar-refractivity contribution < 1.29 is 26.8 Å². The van der Waals surface area contributed by atoms with Gasteiger partial charge in [-0.05, 0) is 91.7 Å². The highest BCUT2D eigenvalue weighted by molar-refractivity contribution is 7.85. The summed E-state index contributed by atoms with van der Waals surface area (Å²) in [4.78, 5) is 10.4. The van der Waals surface area contributed by atoms with Crippen molar-refractivity contribution in [2.75, 3.05) is 26.4 Å². The summed E-state index contributed by atoms with van der Waals surface area (Å²) in [6, 6.07) is 0.301. The van der Waals surface area contributed by atoms with E-state index in [1.807, 2.05) is 55.4 Å². The summed E-state index contributed by atoms with van der Waals surface area (Å²) in [6.07, 6.45) is 1.64. The molecule has 2 N–H and O–H groups in total. The van der Waals surface area contributed by atoms with Crippen LogP contribution in [0.1, 0.15) is 96.9 Å². The molecule has 43 heavy (non-hydrogen) atoms. The molecule has 0 saturated carbocycles. The van der Waals surface area contributed by atoms with Gasteiger partial charge in [0.05, 0.1) is 33.7 Å². The predicted molar refractivity (Wildman–Crippen MR) is 192 cm³/mol. The number of ether oxygens (including phenoxy) is 1. The molecule has 0 aromatic rings. The van der Waals surface area contributed by atoms with E-state index in [1.54, 1.807) is 6.21 Å². The highest BCUT2D eigenvalue weighted by Gasteiger charge is 2.38. The van der Waals surface area contributed by atoms with Crippen LogP contribution in [-0.2, 0) is 40.4 Å². The van der Waals surface area contributed by atoms with Crippen molar-refractivity contribution in [1.29, 1.82) is 0 Å². The van der Waals surface area contributed by atoms with E-state index < -0.39 is 38.6 Å². The molecule has 0 unspecified atom stereocenters. The van der Waals surface area contributed by atoms with Crippen molar-refractivity contribution in [2.24, 2.45) is 4.40 Å². The summed E-state index contributed by atoms with van der Waals surface area (Å²) in [5.74, 6) is -0.0104. The van der Waals surface area contributed by atoms with E-state index in [0.29, 0.717) is 19.8 Å². The van der Waals surface area contributed by atoms with Crippen LogP contribution in [0.4, 0.5) is 0 Å². The molecular weight excluding hydrogens is 619 g/mol. The lowest BCUT2D eigenvalue weighted by Gasteiger charge is -2.37. The lowest BCUT2D eigenvalue weighted by molar-refractivity contribution is -0.130. The number of hydrogen-bond acceptors (Lipinski definition) is 6.